The Morgan fingerprint density at radius 2 is 1.56 bits per heavy atom. The van der Waals surface area contributed by atoms with Gasteiger partial charge in [0.2, 0.25) is 0 Å². The van der Waals surface area contributed by atoms with E-state index < -0.39 is 0 Å². The molecular formula is C30H44N4O2. The van der Waals surface area contributed by atoms with Crippen molar-refractivity contribution in [3.8, 4) is 11.1 Å². The lowest BCUT2D eigenvalue weighted by Crippen LogP contribution is -2.39. The van der Waals surface area contributed by atoms with Gasteiger partial charge in [0.05, 0.1) is 12.1 Å². The number of fused-ring (bicyclic) bond motifs is 1. The number of hydrogen-bond acceptors (Lipinski definition) is 2. The molecule has 2 atom stereocenters. The molecule has 3 rings (SSSR count). The molecule has 196 valence electrons. The van der Waals surface area contributed by atoms with Gasteiger partial charge in [-0.05, 0) is 84.7 Å². The summed E-state index contributed by atoms with van der Waals surface area (Å²) in [6, 6.07) is 14.5. The number of carbonyl (C=O) groups is 2. The van der Waals surface area contributed by atoms with Gasteiger partial charge in [0.15, 0.2) is 0 Å². The molecule has 2 aromatic carbocycles. The van der Waals surface area contributed by atoms with E-state index in [-0.39, 0.29) is 24.1 Å². The summed E-state index contributed by atoms with van der Waals surface area (Å²) in [4.78, 5) is 24.8. The zero-order valence-electron chi connectivity index (χ0n) is 22.6. The summed E-state index contributed by atoms with van der Waals surface area (Å²) in [5.41, 5.74) is 5.92. The number of amides is 4. The largest absolute Gasteiger partial charge is 0.338 e. The van der Waals surface area contributed by atoms with E-state index in [1.807, 2.05) is 6.92 Å². The molecule has 0 aromatic heterocycles. The summed E-state index contributed by atoms with van der Waals surface area (Å²) in [6.07, 6.45) is 4.92. The summed E-state index contributed by atoms with van der Waals surface area (Å²) in [5, 5.41) is 12.2. The Kier molecular flexibility index (Phi) is 10.2. The van der Waals surface area contributed by atoms with Gasteiger partial charge in [0, 0.05) is 13.1 Å². The third-order valence-electron chi connectivity index (χ3n) is 6.87. The van der Waals surface area contributed by atoms with Crippen LogP contribution in [0.4, 0.5) is 9.59 Å². The number of hydrogen-bond donors (Lipinski definition) is 4. The van der Waals surface area contributed by atoms with Gasteiger partial charge < -0.3 is 21.3 Å². The Balaban J connectivity index is 1.71. The maximum atomic E-state index is 12.5. The van der Waals surface area contributed by atoms with E-state index in [1.54, 1.807) is 0 Å². The molecule has 6 nitrogen and oxygen atoms in total. The van der Waals surface area contributed by atoms with Crippen LogP contribution >= 0.6 is 0 Å². The molecular weight excluding hydrogens is 448 g/mol. The molecule has 36 heavy (non-hydrogen) atoms. The SMILES string of the molecule is CC(C)CCNC(=O)NC(C)c1cccc(-c2cccc3c2CCCC3NC(=O)NCCC(C)C)c1. The fourth-order valence-electron chi connectivity index (χ4n) is 4.73. The minimum atomic E-state index is -0.133. The molecule has 1 aliphatic rings. The highest BCUT2D eigenvalue weighted by molar-refractivity contribution is 5.76. The van der Waals surface area contributed by atoms with E-state index in [9.17, 15) is 9.59 Å². The van der Waals surface area contributed by atoms with Crippen LogP contribution in [-0.4, -0.2) is 25.2 Å². The van der Waals surface area contributed by atoms with Crippen LogP contribution < -0.4 is 21.3 Å². The predicted octanol–water partition coefficient (Wildman–Crippen LogP) is 6.48. The maximum absolute atomic E-state index is 12.5. The summed E-state index contributed by atoms with van der Waals surface area (Å²) in [6.45, 7) is 12.0. The Morgan fingerprint density at radius 1 is 0.889 bits per heavy atom. The Labute approximate surface area is 217 Å². The highest BCUT2D eigenvalue weighted by Gasteiger charge is 2.24. The van der Waals surface area contributed by atoms with Crippen molar-refractivity contribution in [3.63, 3.8) is 0 Å². The predicted molar refractivity (Wildman–Crippen MR) is 148 cm³/mol. The third-order valence-corrected chi connectivity index (χ3v) is 6.87. The van der Waals surface area contributed by atoms with Crippen molar-refractivity contribution in [2.75, 3.05) is 13.1 Å². The molecule has 6 heteroatoms. The van der Waals surface area contributed by atoms with Crippen molar-refractivity contribution < 1.29 is 9.59 Å². The molecule has 2 unspecified atom stereocenters. The zero-order chi connectivity index (χ0) is 26.1. The molecule has 2 aromatic rings. The van der Waals surface area contributed by atoms with E-state index in [1.165, 1.54) is 16.7 Å². The Bertz CT molecular complexity index is 1020. The molecule has 0 heterocycles. The zero-order valence-corrected chi connectivity index (χ0v) is 22.6. The lowest BCUT2D eigenvalue weighted by atomic mass is 9.82. The van der Waals surface area contributed by atoms with Crippen molar-refractivity contribution in [1.29, 1.82) is 0 Å². The van der Waals surface area contributed by atoms with Gasteiger partial charge in [-0.15, -0.1) is 0 Å². The minimum absolute atomic E-state index is 0.0195. The van der Waals surface area contributed by atoms with Crippen LogP contribution in [0.2, 0.25) is 0 Å². The molecule has 0 bridgehead atoms. The number of urea groups is 2. The Morgan fingerprint density at radius 3 is 2.25 bits per heavy atom. The molecule has 0 saturated carbocycles. The van der Waals surface area contributed by atoms with E-state index in [0.29, 0.717) is 24.9 Å². The number of benzene rings is 2. The van der Waals surface area contributed by atoms with Crippen LogP contribution in [-0.2, 0) is 6.42 Å². The fourth-order valence-corrected chi connectivity index (χ4v) is 4.73. The number of nitrogens with one attached hydrogen (secondary N) is 4. The van der Waals surface area contributed by atoms with E-state index in [2.05, 4.69) is 91.4 Å². The van der Waals surface area contributed by atoms with Crippen molar-refractivity contribution >= 4 is 12.1 Å². The van der Waals surface area contributed by atoms with Crippen LogP contribution in [0.3, 0.4) is 0 Å². The van der Waals surface area contributed by atoms with Gasteiger partial charge in [-0.3, -0.25) is 0 Å². The first-order valence-electron chi connectivity index (χ1n) is 13.6. The highest BCUT2D eigenvalue weighted by Crippen LogP contribution is 2.37. The highest BCUT2D eigenvalue weighted by atomic mass is 16.2. The average Bonchev–Trinajstić information content (AvgIpc) is 2.83. The van der Waals surface area contributed by atoms with Gasteiger partial charge in [0.1, 0.15) is 0 Å². The summed E-state index contributed by atoms with van der Waals surface area (Å²) < 4.78 is 0. The van der Waals surface area contributed by atoms with Crippen molar-refractivity contribution in [1.82, 2.24) is 21.3 Å². The molecule has 0 saturated heterocycles. The number of carbonyl (C=O) groups excluding carboxylic acids is 2. The average molecular weight is 493 g/mol. The lowest BCUT2D eigenvalue weighted by Gasteiger charge is -2.28. The molecule has 4 N–H and O–H groups in total. The Hall–Kier alpha value is -3.02. The fraction of sp³-hybridized carbons (Fsp3) is 0.533. The monoisotopic (exact) mass is 492 g/mol. The molecule has 4 amide bonds. The van der Waals surface area contributed by atoms with Gasteiger partial charge in [-0.25, -0.2) is 9.59 Å². The quantitative estimate of drug-likeness (QED) is 0.306. The van der Waals surface area contributed by atoms with Gasteiger partial charge in [-0.2, -0.15) is 0 Å². The molecule has 0 fully saturated rings. The van der Waals surface area contributed by atoms with Crippen molar-refractivity contribution in [2.24, 2.45) is 11.8 Å². The maximum Gasteiger partial charge on any atom is 0.315 e. The summed E-state index contributed by atoms with van der Waals surface area (Å²) in [7, 11) is 0. The van der Waals surface area contributed by atoms with Crippen molar-refractivity contribution in [3.05, 3.63) is 59.2 Å². The van der Waals surface area contributed by atoms with Crippen LogP contribution in [0.5, 0.6) is 0 Å². The molecule has 1 aliphatic carbocycles. The van der Waals surface area contributed by atoms with Gasteiger partial charge in [0.25, 0.3) is 0 Å². The molecule has 0 radical (unpaired) electrons. The van der Waals surface area contributed by atoms with Gasteiger partial charge in [-0.1, -0.05) is 64.1 Å². The van der Waals surface area contributed by atoms with Crippen molar-refractivity contribution in [2.45, 2.75) is 78.8 Å². The topological polar surface area (TPSA) is 82.3 Å². The molecule has 0 spiro atoms. The van der Waals surface area contributed by atoms with Crippen LogP contribution in [0, 0.1) is 11.8 Å². The van der Waals surface area contributed by atoms with Crippen LogP contribution in [0.15, 0.2) is 42.5 Å². The summed E-state index contributed by atoms with van der Waals surface area (Å²) in [5.74, 6) is 1.13. The first-order valence-corrected chi connectivity index (χ1v) is 13.6. The van der Waals surface area contributed by atoms with E-state index in [0.717, 1.165) is 43.2 Å². The third kappa shape index (κ3) is 8.00. The standard InChI is InChI=1S/C30H44N4O2/c1-20(2)15-17-31-29(35)33-22(5)23-9-6-10-24(19-23)25-11-7-13-27-26(25)12-8-14-28(27)34-30(36)32-18-16-21(3)4/h6-7,9-11,13,19-22,28H,8,12,14-18H2,1-5H3,(H2,31,33,35)(H2,32,34,36). The van der Waals surface area contributed by atoms with Gasteiger partial charge >= 0.3 is 12.1 Å². The first-order chi connectivity index (χ1) is 17.2. The second-order valence-corrected chi connectivity index (χ2v) is 10.8. The van der Waals surface area contributed by atoms with E-state index >= 15 is 0 Å². The van der Waals surface area contributed by atoms with Crippen LogP contribution in [0.1, 0.15) is 89.1 Å². The second-order valence-electron chi connectivity index (χ2n) is 10.8. The number of rotatable bonds is 10. The summed E-state index contributed by atoms with van der Waals surface area (Å²) >= 11 is 0. The minimum Gasteiger partial charge on any atom is -0.338 e. The lowest BCUT2D eigenvalue weighted by molar-refractivity contribution is 0.234. The molecule has 0 aliphatic heterocycles. The second kappa shape index (κ2) is 13.3. The van der Waals surface area contributed by atoms with Crippen LogP contribution in [0.25, 0.3) is 11.1 Å². The van der Waals surface area contributed by atoms with E-state index in [4.69, 9.17) is 0 Å². The normalized spacial score (nSPS) is 15.8. The first kappa shape index (κ1) is 27.6. The smallest absolute Gasteiger partial charge is 0.315 e.